The maximum absolute atomic E-state index is 12.2. The molecule has 2 saturated heterocycles. The van der Waals surface area contributed by atoms with Crippen molar-refractivity contribution in [2.24, 2.45) is 0 Å². The first-order chi connectivity index (χ1) is 20.0. The lowest BCUT2D eigenvalue weighted by Gasteiger charge is -2.35. The van der Waals surface area contributed by atoms with Crippen LogP contribution in [0.25, 0.3) is 21.8 Å². The van der Waals surface area contributed by atoms with Gasteiger partial charge in [0.05, 0.1) is 17.1 Å². The number of nitrogens with one attached hydrogen (secondary N) is 2. The fraction of sp³-hybridized carbons (Fsp3) is 0.400. The Morgan fingerprint density at radius 1 is 1.05 bits per heavy atom. The molecule has 214 valence electrons. The first-order valence-corrected chi connectivity index (χ1v) is 14.2. The molecule has 0 unspecified atom stereocenters. The van der Waals surface area contributed by atoms with Gasteiger partial charge < -0.3 is 24.8 Å². The van der Waals surface area contributed by atoms with Crippen molar-refractivity contribution in [2.75, 3.05) is 82.7 Å². The molecule has 0 radical (unpaired) electrons. The Morgan fingerprint density at radius 2 is 1.85 bits per heavy atom. The first kappa shape index (κ1) is 27.0. The van der Waals surface area contributed by atoms with Gasteiger partial charge in [-0.05, 0) is 43.8 Å². The number of H-pyrrole nitrogens is 1. The number of aryl methyl sites for hydroxylation is 1. The van der Waals surface area contributed by atoms with E-state index >= 15 is 0 Å². The lowest BCUT2D eigenvalue weighted by molar-refractivity contribution is -0.126. The van der Waals surface area contributed by atoms with Gasteiger partial charge in [0.15, 0.2) is 5.75 Å². The van der Waals surface area contributed by atoms with E-state index in [1.165, 1.54) is 6.08 Å². The monoisotopic (exact) mass is 555 g/mol. The van der Waals surface area contributed by atoms with Crippen molar-refractivity contribution in [3.05, 3.63) is 54.7 Å². The number of carbonyl (C=O) groups excluding carboxylic acids is 1. The number of aromatic nitrogens is 4. The average Bonchev–Trinajstić information content (AvgIpc) is 3.48. The maximum Gasteiger partial charge on any atom is 0.246 e. The van der Waals surface area contributed by atoms with Gasteiger partial charge >= 0.3 is 0 Å². The molecule has 2 aromatic heterocycles. The van der Waals surface area contributed by atoms with Crippen molar-refractivity contribution in [3.63, 3.8) is 0 Å². The van der Waals surface area contributed by atoms with E-state index in [0.717, 1.165) is 78.2 Å². The lowest BCUT2D eigenvalue weighted by Crippen LogP contribution is -2.48. The summed E-state index contributed by atoms with van der Waals surface area (Å²) in [4.78, 5) is 31.0. The maximum atomic E-state index is 12.2. The predicted molar refractivity (Wildman–Crippen MR) is 162 cm³/mol. The van der Waals surface area contributed by atoms with Crippen molar-refractivity contribution < 1.29 is 9.53 Å². The Balaban J connectivity index is 1.32. The van der Waals surface area contributed by atoms with Crippen LogP contribution in [0.3, 0.4) is 0 Å². The summed E-state index contributed by atoms with van der Waals surface area (Å²) in [7, 11) is 2.17. The number of para-hydroxylation sites is 1. The number of amides is 1. The number of rotatable bonds is 8. The molecule has 6 rings (SSSR count). The third kappa shape index (κ3) is 5.68. The molecule has 0 aliphatic carbocycles. The summed E-state index contributed by atoms with van der Waals surface area (Å²) >= 11 is 0. The van der Waals surface area contributed by atoms with Crippen LogP contribution < -0.4 is 15.0 Å². The zero-order valence-corrected chi connectivity index (χ0v) is 23.8. The minimum absolute atomic E-state index is 0.0389. The van der Waals surface area contributed by atoms with Crippen molar-refractivity contribution in [1.82, 2.24) is 34.9 Å². The molecule has 11 heteroatoms. The highest BCUT2D eigenvalue weighted by Crippen LogP contribution is 2.37. The Kier molecular flexibility index (Phi) is 7.71. The largest absolute Gasteiger partial charge is 0.454 e. The SMILES string of the molecule is C=CC(=O)N1CCN(c2nc(NCCN3CCN(C)CC3)nc3c(Oc4c(C)ccc5[nH]ncc45)cccc23)CC1. The molecule has 2 aliphatic heterocycles. The number of likely N-dealkylation sites (N-methyl/N-ethyl adjacent to an activating group) is 1. The number of nitrogens with zero attached hydrogens (tertiary/aromatic N) is 7. The van der Waals surface area contributed by atoms with E-state index in [1.54, 1.807) is 6.20 Å². The second-order valence-electron chi connectivity index (χ2n) is 10.8. The third-order valence-corrected chi connectivity index (χ3v) is 8.03. The summed E-state index contributed by atoms with van der Waals surface area (Å²) in [5.74, 6) is 2.78. The fourth-order valence-electron chi connectivity index (χ4n) is 5.52. The Bertz CT molecular complexity index is 1550. The highest BCUT2D eigenvalue weighted by Gasteiger charge is 2.24. The fourth-order valence-corrected chi connectivity index (χ4v) is 5.52. The third-order valence-electron chi connectivity index (χ3n) is 8.03. The summed E-state index contributed by atoms with van der Waals surface area (Å²) in [5.41, 5.74) is 2.67. The normalized spacial score (nSPS) is 16.8. The van der Waals surface area contributed by atoms with E-state index in [-0.39, 0.29) is 5.91 Å². The number of aromatic amines is 1. The molecule has 4 heterocycles. The van der Waals surface area contributed by atoms with Crippen LogP contribution in [-0.4, -0.2) is 113 Å². The van der Waals surface area contributed by atoms with Gasteiger partial charge in [-0.1, -0.05) is 18.7 Å². The van der Waals surface area contributed by atoms with Crippen LogP contribution in [0.1, 0.15) is 5.56 Å². The van der Waals surface area contributed by atoms with Crippen LogP contribution in [-0.2, 0) is 4.79 Å². The van der Waals surface area contributed by atoms with E-state index in [0.29, 0.717) is 37.9 Å². The highest BCUT2D eigenvalue weighted by atomic mass is 16.5. The molecule has 0 saturated carbocycles. The zero-order chi connectivity index (χ0) is 28.3. The second-order valence-corrected chi connectivity index (χ2v) is 10.8. The molecule has 2 aliphatic rings. The Labute approximate surface area is 239 Å². The van der Waals surface area contributed by atoms with Gasteiger partial charge in [0, 0.05) is 70.8 Å². The summed E-state index contributed by atoms with van der Waals surface area (Å²) in [6.07, 6.45) is 3.17. The molecule has 41 heavy (non-hydrogen) atoms. The number of hydrogen-bond donors (Lipinski definition) is 2. The molecule has 4 aromatic rings. The van der Waals surface area contributed by atoms with Gasteiger partial charge in [0.25, 0.3) is 0 Å². The van der Waals surface area contributed by atoms with Gasteiger partial charge in [0.2, 0.25) is 11.9 Å². The Hall–Kier alpha value is -4.22. The van der Waals surface area contributed by atoms with Crippen molar-refractivity contribution in [3.8, 4) is 11.5 Å². The van der Waals surface area contributed by atoms with Crippen LogP contribution in [0.5, 0.6) is 11.5 Å². The molecule has 0 bridgehead atoms. The number of piperazine rings is 2. The highest BCUT2D eigenvalue weighted by molar-refractivity contribution is 5.95. The van der Waals surface area contributed by atoms with Gasteiger partial charge in [0.1, 0.15) is 17.1 Å². The van der Waals surface area contributed by atoms with Gasteiger partial charge in [-0.25, -0.2) is 4.98 Å². The number of ether oxygens (including phenoxy) is 1. The number of hydrogen-bond acceptors (Lipinski definition) is 9. The van der Waals surface area contributed by atoms with Crippen molar-refractivity contribution in [2.45, 2.75) is 6.92 Å². The smallest absolute Gasteiger partial charge is 0.246 e. The summed E-state index contributed by atoms with van der Waals surface area (Å²) in [6, 6.07) is 10.0. The number of anilines is 2. The zero-order valence-electron chi connectivity index (χ0n) is 23.8. The van der Waals surface area contributed by atoms with Gasteiger partial charge in [-0.3, -0.25) is 14.8 Å². The second kappa shape index (κ2) is 11.7. The number of fused-ring (bicyclic) bond motifs is 2. The average molecular weight is 556 g/mol. The molecule has 2 fully saturated rings. The molecule has 11 nitrogen and oxygen atoms in total. The van der Waals surface area contributed by atoms with E-state index < -0.39 is 0 Å². The summed E-state index contributed by atoms with van der Waals surface area (Å²) in [6.45, 7) is 14.2. The topological polar surface area (TPSA) is 106 Å². The minimum Gasteiger partial charge on any atom is -0.454 e. The van der Waals surface area contributed by atoms with Gasteiger partial charge in [-0.2, -0.15) is 10.1 Å². The molecule has 0 spiro atoms. The van der Waals surface area contributed by atoms with Crippen molar-refractivity contribution in [1.29, 1.82) is 0 Å². The van der Waals surface area contributed by atoms with Crippen LogP contribution in [0, 0.1) is 6.92 Å². The molecule has 2 N–H and O–H groups in total. The molecular weight excluding hydrogens is 518 g/mol. The van der Waals surface area contributed by atoms with Crippen LogP contribution in [0.2, 0.25) is 0 Å². The van der Waals surface area contributed by atoms with Crippen molar-refractivity contribution >= 4 is 39.5 Å². The van der Waals surface area contributed by atoms with E-state index in [1.807, 2.05) is 42.2 Å². The number of carbonyl (C=O) groups is 1. The molecule has 0 atom stereocenters. The van der Waals surface area contributed by atoms with Gasteiger partial charge in [-0.15, -0.1) is 0 Å². The molecule has 1 amide bonds. The summed E-state index contributed by atoms with van der Waals surface area (Å²) in [5, 5.41) is 12.6. The predicted octanol–water partition coefficient (Wildman–Crippen LogP) is 3.10. The Morgan fingerprint density at radius 3 is 2.63 bits per heavy atom. The first-order valence-electron chi connectivity index (χ1n) is 14.2. The molecule has 2 aromatic carbocycles. The number of benzene rings is 2. The lowest BCUT2D eigenvalue weighted by atomic mass is 10.1. The van der Waals surface area contributed by atoms with E-state index in [9.17, 15) is 4.79 Å². The molecular formula is C30H37N9O2. The minimum atomic E-state index is -0.0389. The van der Waals surface area contributed by atoms with E-state index in [4.69, 9.17) is 14.7 Å². The van der Waals surface area contributed by atoms with Crippen LogP contribution >= 0.6 is 0 Å². The van der Waals surface area contributed by atoms with Crippen LogP contribution in [0.4, 0.5) is 11.8 Å². The van der Waals surface area contributed by atoms with E-state index in [2.05, 4.69) is 43.8 Å². The van der Waals surface area contributed by atoms with Crippen LogP contribution in [0.15, 0.2) is 49.2 Å². The quantitative estimate of drug-likeness (QED) is 0.317. The summed E-state index contributed by atoms with van der Waals surface area (Å²) < 4.78 is 6.59. The standard InChI is InChI=1S/C30H37N9O2/c1-4-26(40)38-16-18-39(19-17-38)29-22-6-5-7-25(41-28-21(2)8-9-24-23(28)20-32-35-24)27(22)33-30(34-29)31-10-11-37-14-12-36(3)13-15-37/h4-9,20H,1,10-19H2,2-3H3,(H,32,35)(H,31,33,34).